The van der Waals surface area contributed by atoms with Gasteiger partial charge in [-0.25, -0.2) is 4.98 Å². The number of benzene rings is 1. The second kappa shape index (κ2) is 7.38. The lowest BCUT2D eigenvalue weighted by Crippen LogP contribution is -2.26. The van der Waals surface area contributed by atoms with Crippen molar-refractivity contribution in [3.8, 4) is 11.1 Å². The number of nitrogens with two attached hydrogens (primary N) is 1. The Labute approximate surface area is 152 Å². The van der Waals surface area contributed by atoms with E-state index in [-0.39, 0.29) is 5.56 Å². The molecule has 0 saturated heterocycles. The summed E-state index contributed by atoms with van der Waals surface area (Å²) in [5.74, 6) is 0. The SMILES string of the molecule is CCn1c(=O)c(CCCN)c(-c2cccc(Cl)c2)c2ccc(C)nc21. The predicted octanol–water partition coefficient (Wildman–Crippen LogP) is 3.94. The Bertz CT molecular complexity index is 979. The summed E-state index contributed by atoms with van der Waals surface area (Å²) in [6.07, 6.45) is 1.40. The number of halogens is 1. The van der Waals surface area contributed by atoms with E-state index in [1.165, 1.54) is 0 Å². The highest BCUT2D eigenvalue weighted by atomic mass is 35.5. The van der Waals surface area contributed by atoms with E-state index in [4.69, 9.17) is 17.3 Å². The van der Waals surface area contributed by atoms with Crippen molar-refractivity contribution in [1.29, 1.82) is 0 Å². The first kappa shape index (κ1) is 17.6. The fourth-order valence-corrected chi connectivity index (χ4v) is 3.44. The van der Waals surface area contributed by atoms with Crippen LogP contribution in [0.3, 0.4) is 0 Å². The van der Waals surface area contributed by atoms with Crippen molar-refractivity contribution in [2.45, 2.75) is 33.2 Å². The van der Waals surface area contributed by atoms with Crippen LogP contribution in [0.4, 0.5) is 0 Å². The summed E-state index contributed by atoms with van der Waals surface area (Å²) < 4.78 is 1.75. The summed E-state index contributed by atoms with van der Waals surface area (Å²) in [4.78, 5) is 17.8. The lowest BCUT2D eigenvalue weighted by molar-refractivity contribution is 0.726. The normalized spacial score (nSPS) is 11.2. The zero-order chi connectivity index (χ0) is 18.0. The fraction of sp³-hybridized carbons (Fsp3) is 0.300. The fourth-order valence-electron chi connectivity index (χ4n) is 3.25. The predicted molar refractivity (Wildman–Crippen MR) is 104 cm³/mol. The molecule has 0 atom stereocenters. The van der Waals surface area contributed by atoms with Gasteiger partial charge >= 0.3 is 0 Å². The molecule has 0 fully saturated rings. The second-order valence-corrected chi connectivity index (χ2v) is 6.57. The number of hydrogen-bond acceptors (Lipinski definition) is 3. The summed E-state index contributed by atoms with van der Waals surface area (Å²) in [5, 5.41) is 1.62. The van der Waals surface area contributed by atoms with Gasteiger partial charge in [-0.1, -0.05) is 23.7 Å². The minimum atomic E-state index is 0.0107. The number of aryl methyl sites for hydroxylation is 2. The Morgan fingerprint density at radius 1 is 1.24 bits per heavy atom. The Hall–Kier alpha value is -2.17. The highest BCUT2D eigenvalue weighted by molar-refractivity contribution is 6.30. The van der Waals surface area contributed by atoms with Crippen LogP contribution in [0.2, 0.25) is 5.02 Å². The first-order valence-corrected chi connectivity index (χ1v) is 8.93. The number of aromatic nitrogens is 2. The van der Waals surface area contributed by atoms with Gasteiger partial charge < -0.3 is 5.73 Å². The van der Waals surface area contributed by atoms with Crippen LogP contribution < -0.4 is 11.3 Å². The van der Waals surface area contributed by atoms with Gasteiger partial charge in [0, 0.05) is 33.8 Å². The second-order valence-electron chi connectivity index (χ2n) is 6.13. The lowest BCUT2D eigenvalue weighted by Gasteiger charge is -2.17. The van der Waals surface area contributed by atoms with Gasteiger partial charge in [0.1, 0.15) is 5.65 Å². The third-order valence-electron chi connectivity index (χ3n) is 4.40. The largest absolute Gasteiger partial charge is 0.330 e. The van der Waals surface area contributed by atoms with Gasteiger partial charge in [0.15, 0.2) is 0 Å². The van der Waals surface area contributed by atoms with Gasteiger partial charge in [-0.2, -0.15) is 0 Å². The third kappa shape index (κ3) is 3.32. The first-order valence-electron chi connectivity index (χ1n) is 8.55. The molecule has 2 N–H and O–H groups in total. The first-order chi connectivity index (χ1) is 12.1. The Morgan fingerprint density at radius 2 is 2.04 bits per heavy atom. The van der Waals surface area contributed by atoms with Crippen LogP contribution in [0.1, 0.15) is 24.6 Å². The van der Waals surface area contributed by atoms with E-state index < -0.39 is 0 Å². The monoisotopic (exact) mass is 355 g/mol. The zero-order valence-electron chi connectivity index (χ0n) is 14.6. The van der Waals surface area contributed by atoms with E-state index in [2.05, 4.69) is 4.98 Å². The molecule has 2 heterocycles. The molecule has 2 aromatic heterocycles. The van der Waals surface area contributed by atoms with E-state index in [0.29, 0.717) is 24.5 Å². The molecule has 0 radical (unpaired) electrons. The van der Waals surface area contributed by atoms with Crippen LogP contribution in [0.15, 0.2) is 41.2 Å². The molecular weight excluding hydrogens is 334 g/mol. The van der Waals surface area contributed by atoms with E-state index in [9.17, 15) is 4.79 Å². The van der Waals surface area contributed by atoms with Crippen LogP contribution in [-0.2, 0) is 13.0 Å². The zero-order valence-corrected chi connectivity index (χ0v) is 15.3. The smallest absolute Gasteiger partial charge is 0.256 e. The molecule has 0 aliphatic rings. The van der Waals surface area contributed by atoms with Crippen LogP contribution >= 0.6 is 11.6 Å². The molecule has 0 aliphatic heterocycles. The van der Waals surface area contributed by atoms with E-state index in [1.807, 2.05) is 50.2 Å². The van der Waals surface area contributed by atoms with Crippen molar-refractivity contribution < 1.29 is 0 Å². The summed E-state index contributed by atoms with van der Waals surface area (Å²) >= 11 is 6.21. The summed E-state index contributed by atoms with van der Waals surface area (Å²) in [5.41, 5.74) is 9.97. The van der Waals surface area contributed by atoms with Crippen LogP contribution in [0.25, 0.3) is 22.2 Å². The Morgan fingerprint density at radius 3 is 2.72 bits per heavy atom. The van der Waals surface area contributed by atoms with Gasteiger partial charge in [0.05, 0.1) is 0 Å². The molecule has 130 valence electrons. The van der Waals surface area contributed by atoms with Crippen molar-refractivity contribution in [2.75, 3.05) is 6.54 Å². The average molecular weight is 356 g/mol. The van der Waals surface area contributed by atoms with Crippen molar-refractivity contribution in [3.05, 3.63) is 63.0 Å². The molecular formula is C20H22ClN3O. The molecule has 25 heavy (non-hydrogen) atoms. The highest BCUT2D eigenvalue weighted by Gasteiger charge is 2.18. The summed E-state index contributed by atoms with van der Waals surface area (Å²) in [7, 11) is 0. The number of nitrogens with zero attached hydrogens (tertiary/aromatic N) is 2. The molecule has 3 rings (SSSR count). The van der Waals surface area contributed by atoms with Gasteiger partial charge in [-0.15, -0.1) is 0 Å². The minimum Gasteiger partial charge on any atom is -0.330 e. The Balaban J connectivity index is 2.44. The molecule has 1 aromatic carbocycles. The maximum Gasteiger partial charge on any atom is 0.256 e. The van der Waals surface area contributed by atoms with Gasteiger partial charge in [-0.3, -0.25) is 9.36 Å². The van der Waals surface area contributed by atoms with Crippen molar-refractivity contribution in [3.63, 3.8) is 0 Å². The van der Waals surface area contributed by atoms with Gasteiger partial charge in [0.25, 0.3) is 5.56 Å². The summed E-state index contributed by atoms with van der Waals surface area (Å²) in [6, 6.07) is 11.7. The minimum absolute atomic E-state index is 0.0107. The quantitative estimate of drug-likeness (QED) is 0.754. The maximum absolute atomic E-state index is 13.2. The number of rotatable bonds is 5. The molecule has 0 bridgehead atoms. The molecule has 0 aliphatic carbocycles. The standard InChI is InChI=1S/C20H22ClN3O/c1-3-24-19-16(10-9-13(2)23-19)18(14-6-4-7-15(21)12-14)17(20(24)25)8-5-11-22/h4,6-7,9-10,12H,3,5,8,11,22H2,1-2H3. The van der Waals surface area contributed by atoms with E-state index >= 15 is 0 Å². The number of pyridine rings is 2. The Kier molecular flexibility index (Phi) is 5.21. The van der Waals surface area contributed by atoms with Crippen molar-refractivity contribution >= 4 is 22.6 Å². The highest BCUT2D eigenvalue weighted by Crippen LogP contribution is 2.32. The molecule has 3 aromatic rings. The summed E-state index contributed by atoms with van der Waals surface area (Å²) in [6.45, 7) is 5.03. The van der Waals surface area contributed by atoms with Gasteiger partial charge in [-0.05, 0) is 63.1 Å². The lowest BCUT2D eigenvalue weighted by atomic mass is 9.94. The number of hydrogen-bond donors (Lipinski definition) is 1. The van der Waals surface area contributed by atoms with E-state index in [0.717, 1.165) is 39.8 Å². The van der Waals surface area contributed by atoms with Crippen molar-refractivity contribution in [1.82, 2.24) is 9.55 Å². The van der Waals surface area contributed by atoms with E-state index in [1.54, 1.807) is 4.57 Å². The third-order valence-corrected chi connectivity index (χ3v) is 4.64. The molecule has 0 unspecified atom stereocenters. The molecule has 4 nitrogen and oxygen atoms in total. The molecule has 5 heteroatoms. The topological polar surface area (TPSA) is 60.9 Å². The van der Waals surface area contributed by atoms with Gasteiger partial charge in [0.2, 0.25) is 0 Å². The number of fused-ring (bicyclic) bond motifs is 1. The van der Waals surface area contributed by atoms with Crippen molar-refractivity contribution in [2.24, 2.45) is 5.73 Å². The maximum atomic E-state index is 13.2. The van der Waals surface area contributed by atoms with Crippen LogP contribution in [0.5, 0.6) is 0 Å². The van der Waals surface area contributed by atoms with Crippen LogP contribution in [0, 0.1) is 6.92 Å². The van der Waals surface area contributed by atoms with Crippen LogP contribution in [-0.4, -0.2) is 16.1 Å². The average Bonchev–Trinajstić information content (AvgIpc) is 2.59. The molecule has 0 spiro atoms. The molecule has 0 amide bonds. The molecule has 0 saturated carbocycles.